The second-order valence-electron chi connectivity index (χ2n) is 6.54. The summed E-state index contributed by atoms with van der Waals surface area (Å²) in [4.78, 5) is 6.90. The van der Waals surface area contributed by atoms with Crippen molar-refractivity contribution in [3.8, 4) is 0 Å². The predicted octanol–water partition coefficient (Wildman–Crippen LogP) is 3.79. The fraction of sp³-hybridized carbons (Fsp3) is 0.632. The fourth-order valence-electron chi connectivity index (χ4n) is 3.21. The normalized spacial score (nSPS) is 16.4. The molecule has 0 aliphatic carbocycles. The molecule has 142 valence electrons. The van der Waals surface area contributed by atoms with Gasteiger partial charge in [0.15, 0.2) is 5.96 Å². The molecular formula is C19H32ClIN4. The fourth-order valence-corrected chi connectivity index (χ4v) is 3.42. The van der Waals surface area contributed by atoms with Crippen molar-refractivity contribution < 1.29 is 0 Å². The molecule has 0 aromatic heterocycles. The molecule has 6 heteroatoms. The van der Waals surface area contributed by atoms with Crippen molar-refractivity contribution in [1.82, 2.24) is 15.5 Å². The summed E-state index contributed by atoms with van der Waals surface area (Å²) in [6.45, 7) is 7.84. The molecule has 1 saturated heterocycles. The van der Waals surface area contributed by atoms with Crippen LogP contribution in [0.1, 0.15) is 31.7 Å². The summed E-state index contributed by atoms with van der Waals surface area (Å²) in [6.07, 6.45) is 4.77. The smallest absolute Gasteiger partial charge is 0.190 e. The number of hydrogen-bond donors (Lipinski definition) is 2. The largest absolute Gasteiger partial charge is 0.356 e. The van der Waals surface area contributed by atoms with Gasteiger partial charge in [-0.1, -0.05) is 30.7 Å². The zero-order valence-corrected chi connectivity index (χ0v) is 18.5. The van der Waals surface area contributed by atoms with Crippen molar-refractivity contribution in [3.05, 3.63) is 34.9 Å². The van der Waals surface area contributed by atoms with E-state index in [-0.39, 0.29) is 24.0 Å². The number of aliphatic imine (C=N–C) groups is 1. The maximum atomic E-state index is 6.02. The summed E-state index contributed by atoms with van der Waals surface area (Å²) in [6, 6.07) is 8.03. The quantitative estimate of drug-likeness (QED) is 0.356. The van der Waals surface area contributed by atoms with E-state index < -0.39 is 0 Å². The third-order valence-electron chi connectivity index (χ3n) is 4.62. The Bertz CT molecular complexity index is 516. The van der Waals surface area contributed by atoms with Gasteiger partial charge < -0.3 is 15.5 Å². The molecule has 1 fully saturated rings. The second kappa shape index (κ2) is 12.8. The van der Waals surface area contributed by atoms with Gasteiger partial charge in [-0.15, -0.1) is 24.0 Å². The lowest BCUT2D eigenvalue weighted by molar-refractivity contribution is 0.185. The third kappa shape index (κ3) is 8.60. The number of piperidine rings is 1. The maximum absolute atomic E-state index is 6.02. The standard InChI is InChI=1S/C19H31ClN4.HI/c1-3-11-24-12-8-17(9-13-24)15-23-19(21-2)22-10-7-16-5-4-6-18(20)14-16;/h4-6,14,17H,3,7-13,15H2,1-2H3,(H2,21,22,23);1H. The zero-order valence-electron chi connectivity index (χ0n) is 15.4. The van der Waals surface area contributed by atoms with Crippen LogP contribution in [0.2, 0.25) is 5.02 Å². The molecule has 1 aliphatic heterocycles. The zero-order chi connectivity index (χ0) is 17.2. The number of nitrogens with zero attached hydrogens (tertiary/aromatic N) is 2. The number of halogens is 2. The molecule has 2 N–H and O–H groups in total. The van der Waals surface area contributed by atoms with Gasteiger partial charge >= 0.3 is 0 Å². The molecule has 0 amide bonds. The Morgan fingerprint density at radius 2 is 2.04 bits per heavy atom. The van der Waals surface area contributed by atoms with Crippen LogP contribution in [0.4, 0.5) is 0 Å². The first-order chi connectivity index (χ1) is 11.7. The van der Waals surface area contributed by atoms with Crippen molar-refractivity contribution in [3.63, 3.8) is 0 Å². The lowest BCUT2D eigenvalue weighted by Crippen LogP contribution is -2.43. The Labute approximate surface area is 174 Å². The summed E-state index contributed by atoms with van der Waals surface area (Å²) in [5, 5.41) is 7.67. The van der Waals surface area contributed by atoms with Crippen molar-refractivity contribution >= 4 is 41.5 Å². The van der Waals surface area contributed by atoms with E-state index in [1.807, 2.05) is 25.2 Å². The Morgan fingerprint density at radius 3 is 2.68 bits per heavy atom. The molecule has 4 nitrogen and oxygen atoms in total. The molecule has 0 unspecified atom stereocenters. The van der Waals surface area contributed by atoms with Gasteiger partial charge in [-0.2, -0.15) is 0 Å². The highest BCUT2D eigenvalue weighted by Crippen LogP contribution is 2.16. The van der Waals surface area contributed by atoms with Crippen LogP contribution in [-0.4, -0.2) is 50.6 Å². The lowest BCUT2D eigenvalue weighted by atomic mass is 9.97. The summed E-state index contributed by atoms with van der Waals surface area (Å²) in [5.41, 5.74) is 1.24. The Morgan fingerprint density at radius 1 is 1.28 bits per heavy atom. The molecule has 1 aromatic rings. The van der Waals surface area contributed by atoms with Crippen LogP contribution in [0, 0.1) is 5.92 Å². The number of likely N-dealkylation sites (tertiary alicyclic amines) is 1. The molecule has 0 saturated carbocycles. The summed E-state index contributed by atoms with van der Waals surface area (Å²) in [5.74, 6) is 1.65. The van der Waals surface area contributed by atoms with Gasteiger partial charge in [0.2, 0.25) is 0 Å². The first-order valence-corrected chi connectivity index (χ1v) is 9.50. The van der Waals surface area contributed by atoms with Crippen LogP contribution >= 0.6 is 35.6 Å². The molecule has 0 radical (unpaired) electrons. The van der Waals surface area contributed by atoms with Gasteiger partial charge in [-0.05, 0) is 68.9 Å². The van der Waals surface area contributed by atoms with E-state index in [0.717, 1.165) is 36.4 Å². The minimum absolute atomic E-state index is 0. The van der Waals surface area contributed by atoms with Crippen molar-refractivity contribution in [2.24, 2.45) is 10.9 Å². The molecular weight excluding hydrogens is 447 g/mol. The van der Waals surface area contributed by atoms with Gasteiger partial charge in [0.25, 0.3) is 0 Å². The Kier molecular flexibility index (Phi) is 11.5. The van der Waals surface area contributed by atoms with Gasteiger partial charge in [-0.25, -0.2) is 0 Å². The summed E-state index contributed by atoms with van der Waals surface area (Å²) in [7, 11) is 1.83. The number of guanidine groups is 1. The van der Waals surface area contributed by atoms with Crippen molar-refractivity contribution in [1.29, 1.82) is 0 Å². The molecule has 2 rings (SSSR count). The predicted molar refractivity (Wildman–Crippen MR) is 119 cm³/mol. The van der Waals surface area contributed by atoms with Crippen LogP contribution in [0.3, 0.4) is 0 Å². The van der Waals surface area contributed by atoms with E-state index in [2.05, 4.69) is 33.5 Å². The average Bonchev–Trinajstić information content (AvgIpc) is 2.59. The number of hydrogen-bond acceptors (Lipinski definition) is 2. The number of benzene rings is 1. The average molecular weight is 479 g/mol. The van der Waals surface area contributed by atoms with Gasteiger partial charge in [0.05, 0.1) is 0 Å². The van der Waals surface area contributed by atoms with E-state index >= 15 is 0 Å². The third-order valence-corrected chi connectivity index (χ3v) is 4.86. The first kappa shape index (κ1) is 22.5. The minimum Gasteiger partial charge on any atom is -0.356 e. The van der Waals surface area contributed by atoms with Crippen molar-refractivity contribution in [2.45, 2.75) is 32.6 Å². The molecule has 0 bridgehead atoms. The monoisotopic (exact) mass is 478 g/mol. The highest BCUT2D eigenvalue weighted by molar-refractivity contribution is 14.0. The van der Waals surface area contributed by atoms with Crippen LogP contribution in [0.5, 0.6) is 0 Å². The topological polar surface area (TPSA) is 39.7 Å². The molecule has 1 aromatic carbocycles. The number of nitrogens with one attached hydrogen (secondary N) is 2. The first-order valence-electron chi connectivity index (χ1n) is 9.12. The molecule has 0 atom stereocenters. The molecule has 25 heavy (non-hydrogen) atoms. The Hall–Kier alpha value is -0.530. The van der Waals surface area contributed by atoms with Crippen molar-refractivity contribution in [2.75, 3.05) is 39.8 Å². The summed E-state index contributed by atoms with van der Waals surface area (Å²) < 4.78 is 0. The maximum Gasteiger partial charge on any atom is 0.190 e. The highest BCUT2D eigenvalue weighted by atomic mass is 127. The van der Waals surface area contributed by atoms with Crippen LogP contribution in [0.25, 0.3) is 0 Å². The highest BCUT2D eigenvalue weighted by Gasteiger charge is 2.18. The minimum atomic E-state index is 0. The second-order valence-corrected chi connectivity index (χ2v) is 6.98. The Balaban J connectivity index is 0.00000312. The lowest BCUT2D eigenvalue weighted by Gasteiger charge is -2.32. The van der Waals surface area contributed by atoms with Gasteiger partial charge in [-0.3, -0.25) is 4.99 Å². The van der Waals surface area contributed by atoms with E-state index in [9.17, 15) is 0 Å². The van der Waals surface area contributed by atoms with E-state index in [0.29, 0.717) is 0 Å². The van der Waals surface area contributed by atoms with E-state index in [1.165, 1.54) is 44.5 Å². The van der Waals surface area contributed by atoms with Gasteiger partial charge in [0, 0.05) is 25.2 Å². The SMILES string of the molecule is CCCN1CCC(CNC(=NC)NCCc2cccc(Cl)c2)CC1.I. The molecule has 1 heterocycles. The summed E-state index contributed by atoms with van der Waals surface area (Å²) >= 11 is 6.02. The number of rotatable bonds is 7. The van der Waals surface area contributed by atoms with E-state index in [1.54, 1.807) is 0 Å². The van der Waals surface area contributed by atoms with E-state index in [4.69, 9.17) is 11.6 Å². The van der Waals surface area contributed by atoms with Gasteiger partial charge in [0.1, 0.15) is 0 Å². The van der Waals surface area contributed by atoms with Crippen LogP contribution < -0.4 is 10.6 Å². The molecule has 1 aliphatic rings. The van der Waals surface area contributed by atoms with Crippen LogP contribution in [0.15, 0.2) is 29.3 Å². The van der Waals surface area contributed by atoms with Crippen LogP contribution in [-0.2, 0) is 6.42 Å². The molecule has 0 spiro atoms.